The molecule has 0 radical (unpaired) electrons. The molecular weight excluding hydrogens is 847 g/mol. The molecule has 1 saturated carbocycles. The summed E-state index contributed by atoms with van der Waals surface area (Å²) in [6.45, 7) is 18.4. The van der Waals surface area contributed by atoms with Crippen LogP contribution in [0.4, 0.5) is 0 Å². The fourth-order valence-electron chi connectivity index (χ4n) is 8.22. The van der Waals surface area contributed by atoms with Crippen molar-refractivity contribution >= 4 is 41.0 Å². The molecule has 4 atom stereocenters. The summed E-state index contributed by atoms with van der Waals surface area (Å²) in [5.74, 6) is 1.62. The fourth-order valence-corrected chi connectivity index (χ4v) is 8.22. The summed E-state index contributed by atoms with van der Waals surface area (Å²) in [5, 5.41) is 8.93. The zero-order valence-corrected chi connectivity index (χ0v) is 41.5. The lowest BCUT2D eigenvalue weighted by Crippen LogP contribution is -2.39. The molecule has 1 aromatic rings. The number of amides is 2. The highest BCUT2D eigenvalue weighted by Crippen LogP contribution is 2.32. The van der Waals surface area contributed by atoms with Gasteiger partial charge in [-0.3, -0.25) is 33.7 Å². The maximum Gasteiger partial charge on any atom is 0.262 e. The third-order valence-corrected chi connectivity index (χ3v) is 13.0. The van der Waals surface area contributed by atoms with E-state index in [0.29, 0.717) is 48.1 Å². The number of hydrogen-bond acceptors (Lipinski definition) is 11. The molecule has 1 heterocycles. The second-order valence-electron chi connectivity index (χ2n) is 18.7. The maximum atomic E-state index is 12.2. The van der Waals surface area contributed by atoms with Crippen molar-refractivity contribution in [2.75, 3.05) is 6.61 Å². The van der Waals surface area contributed by atoms with Crippen molar-refractivity contribution in [3.63, 3.8) is 0 Å². The second kappa shape index (κ2) is 28.0. The summed E-state index contributed by atoms with van der Waals surface area (Å²) in [7, 11) is 0. The number of ether oxygens (including phenoxy) is 1. The molecular formula is C55H75N3O9. The van der Waals surface area contributed by atoms with Crippen molar-refractivity contribution in [2.24, 2.45) is 22.6 Å². The van der Waals surface area contributed by atoms with Crippen LogP contribution in [0.2, 0.25) is 0 Å². The Morgan fingerprint density at radius 3 is 1.55 bits per heavy atom. The summed E-state index contributed by atoms with van der Waals surface area (Å²) in [6, 6.07) is 7.52. The van der Waals surface area contributed by atoms with Gasteiger partial charge in [0, 0.05) is 43.7 Å². The van der Waals surface area contributed by atoms with Gasteiger partial charge in [-0.1, -0.05) is 73.1 Å². The van der Waals surface area contributed by atoms with Crippen molar-refractivity contribution in [1.29, 1.82) is 0 Å². The molecule has 364 valence electrons. The monoisotopic (exact) mass is 922 g/mol. The number of Topliss-reactive ketones (excluding diaryl/α,β-unsaturated/α-hetero) is 4. The molecule has 67 heavy (non-hydrogen) atoms. The standard InChI is InChI=1S/C14H13NO2.C10H16O2.C7H9NO.C6H11N.C6H8O2.C6H10O.C6H8O/c1-9-5-4-8-12(9)15-13(16)10-6-2-3-7-11(10)14(15)17;1-7(2)6-12-10-5-4-9(11)8(10)3;1-6-3-2-4-7(6)8-5-9;1-5-3-2-4-6(5)7;1-4-5(7)2-3-6(4)8;2*1-5-3-2-4-6(5)7/h2-3,5-7,12H,4,8H2,1H3;7H,4-6H2,1-3H3;3,7H,2,4H2,1H3;3,6H,2,4,7H2,1H3;4H,2-3H2,1H3;3,6-7H,2,4H2,1H3;3H,2,4H2,1H3/t12-;;7-;6-;;6-;/m1.11.0./s1. The van der Waals surface area contributed by atoms with Gasteiger partial charge in [0.2, 0.25) is 6.08 Å². The normalized spacial score (nSPS) is 23.6. The third-order valence-electron chi connectivity index (χ3n) is 13.0. The van der Waals surface area contributed by atoms with Gasteiger partial charge in [-0.25, -0.2) is 4.79 Å². The number of rotatable bonds is 5. The van der Waals surface area contributed by atoms with E-state index in [1.807, 2.05) is 40.7 Å². The first-order chi connectivity index (χ1) is 31.8. The molecule has 1 aliphatic heterocycles. The summed E-state index contributed by atoms with van der Waals surface area (Å²) >= 11 is 0. The quantitative estimate of drug-likeness (QED) is 0.0945. The smallest absolute Gasteiger partial charge is 0.262 e. The van der Waals surface area contributed by atoms with E-state index in [1.54, 1.807) is 37.3 Å². The molecule has 7 aliphatic carbocycles. The predicted octanol–water partition coefficient (Wildman–Crippen LogP) is 10.1. The number of carbonyl (C=O) groups is 6. The Morgan fingerprint density at radius 2 is 1.24 bits per heavy atom. The number of carbonyl (C=O) groups excluding carboxylic acids is 7. The Hall–Kier alpha value is -5.42. The van der Waals surface area contributed by atoms with Gasteiger partial charge >= 0.3 is 0 Å². The van der Waals surface area contributed by atoms with Gasteiger partial charge in [-0.15, -0.1) is 0 Å². The molecule has 8 aliphatic rings. The van der Waals surface area contributed by atoms with E-state index in [9.17, 15) is 33.6 Å². The van der Waals surface area contributed by atoms with E-state index in [1.165, 1.54) is 22.5 Å². The van der Waals surface area contributed by atoms with Crippen LogP contribution in [0.25, 0.3) is 0 Å². The number of ketones is 4. The summed E-state index contributed by atoms with van der Waals surface area (Å²) < 4.78 is 5.51. The SMILES string of the molecule is CC1=C(OCC(C)C)CCC1=O.CC1=CCCC1=O.CC1=CCC[C@@H]1O.CC1=CCC[C@H]1N.CC1=CCC[C@H]1N1C(=O)c2ccccc2C1=O.CC1=CCC[C@H]1N=C=O.CC1C(=O)CCC1=O. The summed E-state index contributed by atoms with van der Waals surface area (Å²) in [6.07, 6.45) is 24.2. The van der Waals surface area contributed by atoms with E-state index >= 15 is 0 Å². The van der Waals surface area contributed by atoms with E-state index in [-0.39, 0.29) is 53.3 Å². The number of imide groups is 1. The van der Waals surface area contributed by atoms with Crippen LogP contribution in [0.15, 0.2) is 98.8 Å². The number of fused-ring (bicyclic) bond motifs is 1. The number of aliphatic hydroxyl groups is 1. The zero-order valence-electron chi connectivity index (χ0n) is 41.5. The molecule has 12 heteroatoms. The number of isocyanates is 1. The van der Waals surface area contributed by atoms with Crippen LogP contribution in [0.5, 0.6) is 0 Å². The van der Waals surface area contributed by atoms with Crippen LogP contribution in [0, 0.1) is 11.8 Å². The van der Waals surface area contributed by atoms with Crippen molar-refractivity contribution in [1.82, 2.24) is 4.90 Å². The Balaban J connectivity index is 0.000000214. The molecule has 0 bridgehead atoms. The molecule has 2 amide bonds. The topological polar surface area (TPSA) is 191 Å². The summed E-state index contributed by atoms with van der Waals surface area (Å²) in [4.78, 5) is 82.0. The Bertz CT molecular complexity index is 2120. The van der Waals surface area contributed by atoms with Gasteiger partial charge in [0.15, 0.2) is 11.6 Å². The number of aliphatic imine (C=N–C) groups is 1. The predicted molar refractivity (Wildman–Crippen MR) is 263 cm³/mol. The van der Waals surface area contributed by atoms with Crippen molar-refractivity contribution < 1.29 is 43.4 Å². The molecule has 0 unspecified atom stereocenters. The van der Waals surface area contributed by atoms with Gasteiger partial charge in [0.1, 0.15) is 17.3 Å². The number of nitrogens with zero attached hydrogens (tertiary/aromatic N) is 2. The van der Waals surface area contributed by atoms with Crippen LogP contribution in [0.3, 0.4) is 0 Å². The van der Waals surface area contributed by atoms with Gasteiger partial charge in [-0.2, -0.15) is 4.99 Å². The highest BCUT2D eigenvalue weighted by atomic mass is 16.5. The van der Waals surface area contributed by atoms with E-state index in [0.717, 1.165) is 98.9 Å². The van der Waals surface area contributed by atoms with Gasteiger partial charge in [0.25, 0.3) is 11.8 Å². The minimum Gasteiger partial charge on any atom is -0.497 e. The highest BCUT2D eigenvalue weighted by Gasteiger charge is 2.41. The first-order valence-electron chi connectivity index (χ1n) is 24.0. The minimum atomic E-state index is -0.296. The van der Waals surface area contributed by atoms with Gasteiger partial charge in [-0.05, 0) is 135 Å². The van der Waals surface area contributed by atoms with Crippen LogP contribution in [0.1, 0.15) is 173 Å². The average molecular weight is 922 g/mol. The molecule has 1 fully saturated rings. The molecule has 9 rings (SSSR count). The van der Waals surface area contributed by atoms with Gasteiger partial charge in [0.05, 0.1) is 41.8 Å². The highest BCUT2D eigenvalue weighted by molar-refractivity contribution is 6.21. The fraction of sp³-hybridized carbons (Fsp3) is 0.545. The number of allylic oxidation sites excluding steroid dienone is 8. The lowest BCUT2D eigenvalue weighted by atomic mass is 10.1. The molecule has 12 nitrogen and oxygen atoms in total. The van der Waals surface area contributed by atoms with Crippen LogP contribution in [-0.2, 0) is 28.7 Å². The number of nitrogens with two attached hydrogens (primary N) is 1. The number of aliphatic hydroxyl groups excluding tert-OH is 1. The first-order valence-corrected chi connectivity index (χ1v) is 24.0. The van der Waals surface area contributed by atoms with Crippen molar-refractivity contribution in [2.45, 2.75) is 176 Å². The first kappa shape index (κ1) is 55.9. The molecule has 0 aromatic heterocycles. The molecule has 0 spiro atoms. The average Bonchev–Trinajstić information content (AvgIpc) is 4.22. The zero-order chi connectivity index (χ0) is 49.8. The van der Waals surface area contributed by atoms with Crippen LogP contribution in [-0.4, -0.2) is 81.9 Å². The molecule has 1 aromatic carbocycles. The van der Waals surface area contributed by atoms with Gasteiger partial charge < -0.3 is 15.6 Å². The van der Waals surface area contributed by atoms with Crippen molar-refractivity contribution in [3.05, 3.63) is 105 Å². The second-order valence-corrected chi connectivity index (χ2v) is 18.7. The largest absolute Gasteiger partial charge is 0.497 e. The van der Waals surface area contributed by atoms with E-state index in [2.05, 4.69) is 50.1 Å². The Morgan fingerprint density at radius 1 is 0.687 bits per heavy atom. The number of benzene rings is 1. The van der Waals surface area contributed by atoms with E-state index < -0.39 is 0 Å². The van der Waals surface area contributed by atoms with E-state index in [4.69, 9.17) is 15.6 Å². The minimum absolute atomic E-state index is 0.0394. The lowest BCUT2D eigenvalue weighted by molar-refractivity contribution is -0.126. The Labute approximate surface area is 398 Å². The van der Waals surface area contributed by atoms with Crippen LogP contribution >= 0.6 is 0 Å². The lowest BCUT2D eigenvalue weighted by Gasteiger charge is -2.23. The summed E-state index contributed by atoms with van der Waals surface area (Å²) in [5.41, 5.74) is 13.3. The third kappa shape index (κ3) is 17.3. The van der Waals surface area contributed by atoms with Crippen molar-refractivity contribution in [3.8, 4) is 0 Å². The Kier molecular flexibility index (Phi) is 23.4. The molecule has 3 N–H and O–H groups in total. The maximum absolute atomic E-state index is 12.2. The van der Waals surface area contributed by atoms with Crippen LogP contribution < -0.4 is 5.73 Å². The molecule has 0 saturated heterocycles. The number of hydrogen-bond donors (Lipinski definition) is 2.